The Kier molecular flexibility index (Phi) is 6.72. The summed E-state index contributed by atoms with van der Waals surface area (Å²) in [7, 11) is 0. The largest absolute Gasteiger partial charge is 0.463 e. The van der Waals surface area contributed by atoms with E-state index in [4.69, 9.17) is 4.74 Å². The van der Waals surface area contributed by atoms with Crippen LogP contribution in [0.5, 0.6) is 0 Å². The van der Waals surface area contributed by atoms with Gasteiger partial charge in [0, 0.05) is 11.6 Å². The van der Waals surface area contributed by atoms with Crippen LogP contribution in [0.1, 0.15) is 40.0 Å². The number of carbonyl (C=O) groups is 2. The third kappa shape index (κ3) is 5.51. The smallest absolute Gasteiger partial charge is 0.331 e. The summed E-state index contributed by atoms with van der Waals surface area (Å²) in [4.78, 5) is 22.2. The van der Waals surface area contributed by atoms with Crippen molar-refractivity contribution in [3.63, 3.8) is 0 Å². The second-order valence-electron chi connectivity index (χ2n) is 3.08. The summed E-state index contributed by atoms with van der Waals surface area (Å²) in [5, 5.41) is 0. The number of hydrogen-bond acceptors (Lipinski definition) is 3. The van der Waals surface area contributed by atoms with E-state index in [-0.39, 0.29) is 5.78 Å². The maximum atomic E-state index is 11.1. The summed E-state index contributed by atoms with van der Waals surface area (Å²) in [5.74, 6) is -0.472. The van der Waals surface area contributed by atoms with Crippen molar-refractivity contribution in [2.24, 2.45) is 0 Å². The van der Waals surface area contributed by atoms with Gasteiger partial charge in [0.15, 0.2) is 5.78 Å². The Morgan fingerprint density at radius 1 is 1.29 bits per heavy atom. The zero-order chi connectivity index (χ0) is 11.0. The number of allylic oxidation sites excluding steroid dienone is 1. The molecule has 0 aliphatic carbocycles. The molecule has 0 aromatic carbocycles. The summed E-state index contributed by atoms with van der Waals surface area (Å²) >= 11 is 0. The molecule has 14 heavy (non-hydrogen) atoms. The number of ether oxygens (including phenoxy) is 1. The zero-order valence-corrected chi connectivity index (χ0v) is 9.13. The van der Waals surface area contributed by atoms with Crippen molar-refractivity contribution >= 4 is 11.8 Å². The summed E-state index contributed by atoms with van der Waals surface area (Å²) in [6.07, 6.45) is 3.89. The van der Waals surface area contributed by atoms with Crippen LogP contribution in [0, 0.1) is 0 Å². The van der Waals surface area contributed by atoms with Gasteiger partial charge in [-0.1, -0.05) is 13.3 Å². The molecule has 0 amide bonds. The maximum absolute atomic E-state index is 11.1. The Morgan fingerprint density at radius 3 is 2.36 bits per heavy atom. The van der Waals surface area contributed by atoms with Gasteiger partial charge in [0.2, 0.25) is 0 Å². The molecule has 0 spiro atoms. The van der Waals surface area contributed by atoms with Crippen LogP contribution >= 0.6 is 0 Å². The molecular weight excluding hydrogens is 180 g/mol. The molecule has 0 aromatic heterocycles. The van der Waals surface area contributed by atoms with Crippen LogP contribution < -0.4 is 0 Å². The minimum absolute atomic E-state index is 0.0495. The fraction of sp³-hybridized carbons (Fsp3) is 0.636. The van der Waals surface area contributed by atoms with Gasteiger partial charge in [-0.25, -0.2) is 4.79 Å². The van der Waals surface area contributed by atoms with Crippen LogP contribution in [0.15, 0.2) is 11.6 Å². The van der Waals surface area contributed by atoms with E-state index >= 15 is 0 Å². The van der Waals surface area contributed by atoms with E-state index in [9.17, 15) is 9.59 Å². The number of ketones is 1. The van der Waals surface area contributed by atoms with Gasteiger partial charge in [0.25, 0.3) is 0 Å². The Bertz CT molecular complexity index is 229. The van der Waals surface area contributed by atoms with Crippen LogP contribution in [0.3, 0.4) is 0 Å². The molecule has 0 rings (SSSR count). The Labute approximate surface area is 85.1 Å². The van der Waals surface area contributed by atoms with Gasteiger partial charge in [-0.05, 0) is 26.7 Å². The van der Waals surface area contributed by atoms with Crippen molar-refractivity contribution in [1.82, 2.24) is 0 Å². The second-order valence-corrected chi connectivity index (χ2v) is 3.08. The molecule has 0 atom stereocenters. The third-order valence-corrected chi connectivity index (χ3v) is 1.83. The quantitative estimate of drug-likeness (QED) is 0.485. The first-order valence-electron chi connectivity index (χ1n) is 5.00. The van der Waals surface area contributed by atoms with E-state index in [2.05, 4.69) is 0 Å². The maximum Gasteiger partial charge on any atom is 0.331 e. The van der Waals surface area contributed by atoms with E-state index in [1.54, 1.807) is 6.92 Å². The van der Waals surface area contributed by atoms with E-state index < -0.39 is 5.97 Å². The predicted octanol–water partition coefficient (Wildman–Crippen LogP) is 2.26. The number of rotatable bonds is 6. The Balaban J connectivity index is 4.31. The minimum atomic E-state index is -0.422. The van der Waals surface area contributed by atoms with Crippen molar-refractivity contribution in [2.45, 2.75) is 40.0 Å². The summed E-state index contributed by atoms with van der Waals surface area (Å²) < 4.78 is 4.73. The molecule has 3 heteroatoms. The summed E-state index contributed by atoms with van der Waals surface area (Å²) in [6.45, 7) is 5.60. The Morgan fingerprint density at radius 2 is 1.93 bits per heavy atom. The van der Waals surface area contributed by atoms with E-state index in [0.29, 0.717) is 18.6 Å². The van der Waals surface area contributed by atoms with Gasteiger partial charge in [-0.15, -0.1) is 0 Å². The first-order valence-corrected chi connectivity index (χ1v) is 5.00. The van der Waals surface area contributed by atoms with Crippen molar-refractivity contribution in [3.05, 3.63) is 11.6 Å². The van der Waals surface area contributed by atoms with E-state index in [0.717, 1.165) is 12.8 Å². The van der Waals surface area contributed by atoms with Gasteiger partial charge < -0.3 is 4.74 Å². The molecule has 0 N–H and O–H groups in total. The molecule has 0 radical (unpaired) electrons. The molecule has 0 bridgehead atoms. The predicted molar refractivity (Wildman–Crippen MR) is 54.9 cm³/mol. The van der Waals surface area contributed by atoms with Crippen molar-refractivity contribution < 1.29 is 14.3 Å². The van der Waals surface area contributed by atoms with Crippen LogP contribution in [0.2, 0.25) is 0 Å². The molecule has 0 heterocycles. The number of hydrogen-bond donors (Lipinski definition) is 0. The first kappa shape index (κ1) is 12.9. The fourth-order valence-corrected chi connectivity index (χ4v) is 1.04. The Hall–Kier alpha value is -1.12. The third-order valence-electron chi connectivity index (χ3n) is 1.83. The summed E-state index contributed by atoms with van der Waals surface area (Å²) in [5.41, 5.74) is 0.560. The van der Waals surface area contributed by atoms with Crippen LogP contribution in [0.4, 0.5) is 0 Å². The lowest BCUT2D eigenvalue weighted by molar-refractivity contribution is -0.137. The standard InChI is InChI=1S/C11H18O3/c1-4-6-7-10(9(3)12)8-11(13)14-5-2/h8H,4-7H2,1-3H3/b10-8+. The lowest BCUT2D eigenvalue weighted by Crippen LogP contribution is -2.05. The molecule has 0 aliphatic rings. The number of unbranched alkanes of at least 4 members (excludes halogenated alkanes) is 1. The normalized spacial score (nSPS) is 11.2. The van der Waals surface area contributed by atoms with Gasteiger partial charge in [-0.2, -0.15) is 0 Å². The molecule has 0 unspecified atom stereocenters. The van der Waals surface area contributed by atoms with Gasteiger partial charge in [0.05, 0.1) is 6.61 Å². The van der Waals surface area contributed by atoms with Crippen molar-refractivity contribution in [2.75, 3.05) is 6.61 Å². The molecule has 0 aliphatic heterocycles. The van der Waals surface area contributed by atoms with Gasteiger partial charge in [0.1, 0.15) is 0 Å². The molecule has 80 valence electrons. The highest BCUT2D eigenvalue weighted by atomic mass is 16.5. The van der Waals surface area contributed by atoms with Crippen LogP contribution in [-0.4, -0.2) is 18.4 Å². The first-order chi connectivity index (χ1) is 6.61. The lowest BCUT2D eigenvalue weighted by Gasteiger charge is -2.02. The van der Waals surface area contributed by atoms with Gasteiger partial charge >= 0.3 is 5.97 Å². The highest BCUT2D eigenvalue weighted by Crippen LogP contribution is 2.08. The average Bonchev–Trinajstić information content (AvgIpc) is 2.12. The van der Waals surface area contributed by atoms with Crippen molar-refractivity contribution in [1.29, 1.82) is 0 Å². The summed E-state index contributed by atoms with van der Waals surface area (Å²) in [6, 6.07) is 0. The molecule has 0 aromatic rings. The molecule has 3 nitrogen and oxygen atoms in total. The molecular formula is C11H18O3. The number of carbonyl (C=O) groups excluding carboxylic acids is 2. The van der Waals surface area contributed by atoms with Crippen LogP contribution in [0.25, 0.3) is 0 Å². The highest BCUT2D eigenvalue weighted by Gasteiger charge is 2.06. The number of esters is 1. The van der Waals surface area contributed by atoms with Crippen molar-refractivity contribution in [3.8, 4) is 0 Å². The monoisotopic (exact) mass is 198 g/mol. The fourth-order valence-electron chi connectivity index (χ4n) is 1.04. The van der Waals surface area contributed by atoms with Crippen LogP contribution in [-0.2, 0) is 14.3 Å². The molecule has 0 saturated heterocycles. The minimum Gasteiger partial charge on any atom is -0.463 e. The number of Topliss-reactive ketones (excluding diaryl/α,β-unsaturated/α-hetero) is 1. The lowest BCUT2D eigenvalue weighted by atomic mass is 10.1. The molecule has 0 fully saturated rings. The topological polar surface area (TPSA) is 43.4 Å². The van der Waals surface area contributed by atoms with E-state index in [1.807, 2.05) is 6.92 Å². The second kappa shape index (κ2) is 7.30. The zero-order valence-electron chi connectivity index (χ0n) is 9.13. The van der Waals surface area contributed by atoms with Gasteiger partial charge in [-0.3, -0.25) is 4.79 Å². The average molecular weight is 198 g/mol. The highest BCUT2D eigenvalue weighted by molar-refractivity contribution is 5.99. The SMILES string of the molecule is CCCC/C(=C\C(=O)OCC)C(C)=O. The molecule has 0 saturated carbocycles. The van der Waals surface area contributed by atoms with E-state index in [1.165, 1.54) is 13.0 Å².